The number of aliphatic hydroxyl groups is 1. The third-order valence-corrected chi connectivity index (χ3v) is 8.00. The van der Waals surface area contributed by atoms with Crippen LogP contribution in [0.2, 0.25) is 0 Å². The van der Waals surface area contributed by atoms with Crippen LogP contribution in [0.3, 0.4) is 0 Å². The number of Topliss-reactive ketones (excluding diaryl/α,β-unsaturated/α-hetero) is 1. The van der Waals surface area contributed by atoms with E-state index in [1.807, 2.05) is 0 Å². The van der Waals surface area contributed by atoms with E-state index in [0.29, 0.717) is 6.42 Å². The van der Waals surface area contributed by atoms with Gasteiger partial charge in [-0.3, -0.25) is 9.59 Å². The molecule has 25 heavy (non-hydrogen) atoms. The Morgan fingerprint density at radius 2 is 1.84 bits per heavy atom. The third-order valence-electron chi connectivity index (χ3n) is 8.00. The number of carbonyl (C=O) groups excluding carboxylic acids is 2. The molecular formula is C21H32O4. The normalized spacial score (nSPS) is 46.2. The van der Waals surface area contributed by atoms with E-state index >= 15 is 0 Å². The van der Waals surface area contributed by atoms with Crippen LogP contribution in [0.15, 0.2) is 12.2 Å². The van der Waals surface area contributed by atoms with Crippen LogP contribution >= 0.6 is 0 Å². The molecule has 3 rings (SSSR count). The molecule has 0 aromatic carbocycles. The van der Waals surface area contributed by atoms with Gasteiger partial charge in [-0.1, -0.05) is 39.8 Å². The summed E-state index contributed by atoms with van der Waals surface area (Å²) in [6.45, 7) is 12.7. The van der Waals surface area contributed by atoms with Gasteiger partial charge in [-0.2, -0.15) is 0 Å². The highest BCUT2D eigenvalue weighted by Crippen LogP contribution is 2.68. The van der Waals surface area contributed by atoms with E-state index in [2.05, 4.69) is 34.3 Å². The predicted octanol–water partition coefficient (Wildman–Crippen LogP) is 3.52. The lowest BCUT2D eigenvalue weighted by Crippen LogP contribution is -2.65. The van der Waals surface area contributed by atoms with Crippen molar-refractivity contribution in [2.75, 3.05) is 7.11 Å². The maximum atomic E-state index is 12.6. The molecule has 1 N–H and O–H groups in total. The van der Waals surface area contributed by atoms with Crippen molar-refractivity contribution in [3.05, 3.63) is 12.2 Å². The average Bonchev–Trinajstić information content (AvgIpc) is 2.51. The molecule has 0 aromatic heterocycles. The lowest BCUT2D eigenvalue weighted by atomic mass is 9.38. The second-order valence-electron chi connectivity index (χ2n) is 9.70. The topological polar surface area (TPSA) is 63.6 Å². The molecule has 0 aliphatic heterocycles. The summed E-state index contributed by atoms with van der Waals surface area (Å²) in [5, 5.41) is 11.0. The summed E-state index contributed by atoms with van der Waals surface area (Å²) in [5.74, 6) is -0.245. The number of fused-ring (bicyclic) bond motifs is 3. The first-order valence-corrected chi connectivity index (χ1v) is 9.46. The van der Waals surface area contributed by atoms with E-state index in [1.165, 1.54) is 7.11 Å². The van der Waals surface area contributed by atoms with Gasteiger partial charge in [0.15, 0.2) is 5.78 Å². The first-order valence-electron chi connectivity index (χ1n) is 9.46. The van der Waals surface area contributed by atoms with Gasteiger partial charge in [-0.05, 0) is 48.3 Å². The SMILES string of the molecule is C=C1CCC2[C@](C)(CCC3C(C)(C)CC(=O)[C@@H](O)[C@]32C)C1C(=O)OC. The Labute approximate surface area is 151 Å². The molecular weight excluding hydrogens is 316 g/mol. The quantitative estimate of drug-likeness (QED) is 0.582. The van der Waals surface area contributed by atoms with Crippen molar-refractivity contribution in [2.24, 2.45) is 34.0 Å². The fourth-order valence-electron chi connectivity index (χ4n) is 7.00. The van der Waals surface area contributed by atoms with Crippen molar-refractivity contribution in [1.29, 1.82) is 0 Å². The Morgan fingerprint density at radius 3 is 2.44 bits per heavy atom. The minimum Gasteiger partial charge on any atom is -0.469 e. The standard InChI is InChI=1S/C21H32O4/c1-12-7-8-15-20(4,16(12)18(24)25-6)10-9-14-19(2,3)11-13(22)17(23)21(14,15)5/h14-17,23H,1,7-11H2,2-6H3/t14?,15?,16?,17-,20+,21-/m1/s1. The monoisotopic (exact) mass is 348 g/mol. The minimum absolute atomic E-state index is 0.0491. The number of methoxy groups -OCH3 is 1. The lowest BCUT2D eigenvalue weighted by molar-refractivity contribution is -0.206. The van der Waals surface area contributed by atoms with Crippen LogP contribution < -0.4 is 0 Å². The van der Waals surface area contributed by atoms with Gasteiger partial charge in [0.25, 0.3) is 0 Å². The molecule has 0 amide bonds. The van der Waals surface area contributed by atoms with Crippen LogP contribution in [0.5, 0.6) is 0 Å². The van der Waals surface area contributed by atoms with Crippen LogP contribution in [-0.4, -0.2) is 30.1 Å². The van der Waals surface area contributed by atoms with Crippen molar-refractivity contribution >= 4 is 11.8 Å². The van der Waals surface area contributed by atoms with Crippen LogP contribution in [-0.2, 0) is 14.3 Å². The van der Waals surface area contributed by atoms with Gasteiger partial charge in [-0.15, -0.1) is 0 Å². The number of ether oxygens (including phenoxy) is 1. The summed E-state index contributed by atoms with van der Waals surface area (Å²) in [6.07, 6.45) is 2.94. The van der Waals surface area contributed by atoms with E-state index in [0.717, 1.165) is 31.3 Å². The Balaban J connectivity index is 2.11. The van der Waals surface area contributed by atoms with Gasteiger partial charge in [-0.25, -0.2) is 0 Å². The first-order chi connectivity index (χ1) is 11.5. The molecule has 3 fully saturated rings. The minimum atomic E-state index is -0.945. The largest absolute Gasteiger partial charge is 0.469 e. The van der Waals surface area contributed by atoms with Gasteiger partial charge < -0.3 is 9.84 Å². The zero-order valence-electron chi connectivity index (χ0n) is 16.2. The number of esters is 1. The Morgan fingerprint density at radius 1 is 1.20 bits per heavy atom. The lowest BCUT2D eigenvalue weighted by Gasteiger charge is -2.66. The van der Waals surface area contributed by atoms with E-state index in [1.54, 1.807) is 0 Å². The number of rotatable bonds is 1. The zero-order valence-corrected chi connectivity index (χ0v) is 16.2. The number of ketones is 1. The molecule has 3 aliphatic carbocycles. The van der Waals surface area contributed by atoms with Crippen molar-refractivity contribution in [3.8, 4) is 0 Å². The molecule has 3 aliphatic rings. The van der Waals surface area contributed by atoms with E-state index in [4.69, 9.17) is 4.74 Å². The van der Waals surface area contributed by atoms with Crippen molar-refractivity contribution in [2.45, 2.75) is 65.9 Å². The Bertz CT molecular complexity index is 613. The Hall–Kier alpha value is -1.16. The molecule has 0 aromatic rings. The van der Waals surface area contributed by atoms with Gasteiger partial charge in [0.05, 0.1) is 13.0 Å². The summed E-state index contributed by atoms with van der Waals surface area (Å²) in [7, 11) is 1.43. The van der Waals surface area contributed by atoms with Crippen molar-refractivity contribution < 1.29 is 19.4 Å². The third kappa shape index (κ3) is 2.36. The molecule has 0 radical (unpaired) electrons. The summed E-state index contributed by atoms with van der Waals surface area (Å²) in [5.41, 5.74) is -0.00786. The molecule has 4 nitrogen and oxygen atoms in total. The highest BCUT2D eigenvalue weighted by Gasteiger charge is 2.67. The number of hydrogen-bond donors (Lipinski definition) is 1. The predicted molar refractivity (Wildman–Crippen MR) is 95.7 cm³/mol. The van der Waals surface area contributed by atoms with Gasteiger partial charge in [0.1, 0.15) is 6.10 Å². The maximum Gasteiger partial charge on any atom is 0.313 e. The van der Waals surface area contributed by atoms with Crippen molar-refractivity contribution in [1.82, 2.24) is 0 Å². The molecule has 0 saturated heterocycles. The van der Waals surface area contributed by atoms with E-state index in [9.17, 15) is 14.7 Å². The Kier molecular flexibility index (Phi) is 4.22. The zero-order chi connectivity index (χ0) is 18.8. The van der Waals surface area contributed by atoms with E-state index in [-0.39, 0.29) is 40.3 Å². The smallest absolute Gasteiger partial charge is 0.313 e. The molecule has 0 bridgehead atoms. The molecule has 0 heterocycles. The fraction of sp³-hybridized carbons (Fsp3) is 0.810. The molecule has 3 saturated carbocycles. The second-order valence-corrected chi connectivity index (χ2v) is 9.70. The molecule has 6 atom stereocenters. The van der Waals surface area contributed by atoms with Crippen LogP contribution in [0.25, 0.3) is 0 Å². The van der Waals surface area contributed by atoms with Gasteiger partial charge in [0.2, 0.25) is 0 Å². The maximum absolute atomic E-state index is 12.6. The first kappa shape index (κ1) is 18.6. The summed E-state index contributed by atoms with van der Waals surface area (Å²) >= 11 is 0. The molecule has 3 unspecified atom stereocenters. The summed E-state index contributed by atoms with van der Waals surface area (Å²) in [4.78, 5) is 25.2. The molecule has 140 valence electrons. The summed E-state index contributed by atoms with van der Waals surface area (Å²) in [6, 6.07) is 0. The summed E-state index contributed by atoms with van der Waals surface area (Å²) < 4.78 is 5.10. The number of aliphatic hydroxyl groups excluding tert-OH is 1. The average molecular weight is 348 g/mol. The van der Waals surface area contributed by atoms with Crippen LogP contribution in [0.4, 0.5) is 0 Å². The second kappa shape index (κ2) is 5.67. The highest BCUT2D eigenvalue weighted by molar-refractivity contribution is 5.85. The molecule has 0 spiro atoms. The van der Waals surface area contributed by atoms with Gasteiger partial charge in [0, 0.05) is 11.8 Å². The van der Waals surface area contributed by atoms with Crippen LogP contribution in [0.1, 0.15) is 59.8 Å². The number of carbonyl (C=O) groups is 2. The fourth-order valence-corrected chi connectivity index (χ4v) is 7.00. The van der Waals surface area contributed by atoms with Crippen LogP contribution in [0, 0.1) is 34.0 Å². The van der Waals surface area contributed by atoms with E-state index < -0.39 is 11.5 Å². The van der Waals surface area contributed by atoms with Gasteiger partial charge >= 0.3 is 5.97 Å². The number of hydrogen-bond acceptors (Lipinski definition) is 4. The highest BCUT2D eigenvalue weighted by atomic mass is 16.5. The van der Waals surface area contributed by atoms with Crippen molar-refractivity contribution in [3.63, 3.8) is 0 Å². The molecule has 4 heteroatoms.